The number of aromatic nitrogens is 2. The van der Waals surface area contributed by atoms with E-state index in [9.17, 15) is 14.0 Å². The average Bonchev–Trinajstić information content (AvgIpc) is 3.48. The summed E-state index contributed by atoms with van der Waals surface area (Å²) < 4.78 is 20.2. The van der Waals surface area contributed by atoms with Crippen molar-refractivity contribution in [2.24, 2.45) is 11.7 Å². The fourth-order valence-electron chi connectivity index (χ4n) is 4.70. The van der Waals surface area contributed by atoms with E-state index in [1.54, 1.807) is 23.1 Å². The van der Waals surface area contributed by atoms with Gasteiger partial charge < -0.3 is 30.6 Å². The molecule has 35 heavy (non-hydrogen) atoms. The summed E-state index contributed by atoms with van der Waals surface area (Å²) in [6.07, 6.45) is 3.31. The van der Waals surface area contributed by atoms with Gasteiger partial charge in [0, 0.05) is 43.3 Å². The maximum Gasteiger partial charge on any atom is 0.289 e. The Morgan fingerprint density at radius 1 is 1.17 bits per heavy atom. The molecule has 2 atom stereocenters. The van der Waals surface area contributed by atoms with E-state index in [-0.39, 0.29) is 29.6 Å². The number of nitrogens with zero attached hydrogens (tertiary/aromatic N) is 4. The van der Waals surface area contributed by atoms with Crippen molar-refractivity contribution in [2.75, 3.05) is 43.9 Å². The fraction of sp³-hybridized carbons (Fsp3) is 0.417. The number of nitrogens with one attached hydrogen (secondary N) is 2. The number of rotatable bonds is 6. The third-order valence-electron chi connectivity index (χ3n) is 6.72. The summed E-state index contributed by atoms with van der Waals surface area (Å²) in [6, 6.07) is 6.82. The highest BCUT2D eigenvalue weighted by atomic mass is 19.1. The summed E-state index contributed by atoms with van der Waals surface area (Å²) in [5.41, 5.74) is 6.72. The number of halogens is 1. The van der Waals surface area contributed by atoms with Crippen LogP contribution in [0.25, 0.3) is 11.0 Å². The molecule has 4 N–H and O–H groups in total. The van der Waals surface area contributed by atoms with E-state index >= 15 is 0 Å². The predicted molar refractivity (Wildman–Crippen MR) is 129 cm³/mol. The smallest absolute Gasteiger partial charge is 0.289 e. The highest BCUT2D eigenvalue weighted by Gasteiger charge is 2.32. The Bertz CT molecular complexity index is 1260. The lowest BCUT2D eigenvalue weighted by atomic mass is 10.0. The minimum Gasteiger partial charge on any atom is -0.451 e. The van der Waals surface area contributed by atoms with E-state index < -0.39 is 11.7 Å². The van der Waals surface area contributed by atoms with Crippen LogP contribution >= 0.6 is 0 Å². The molecule has 3 aromatic rings. The SMILES string of the molecule is CN1CCN(C(=O)c2cc3cc(Nc4ncc(F)c(N[C@H]5CCC[C@H]5C(N)=O)n4)ccc3o2)CC1. The number of benzene rings is 1. The number of furan rings is 1. The Morgan fingerprint density at radius 3 is 2.74 bits per heavy atom. The monoisotopic (exact) mass is 481 g/mol. The van der Waals surface area contributed by atoms with Crippen molar-refractivity contribution in [1.29, 1.82) is 0 Å². The molecule has 184 valence electrons. The number of amides is 2. The summed E-state index contributed by atoms with van der Waals surface area (Å²) in [4.78, 5) is 36.8. The van der Waals surface area contributed by atoms with E-state index in [4.69, 9.17) is 10.2 Å². The quantitative estimate of drug-likeness (QED) is 0.490. The average molecular weight is 482 g/mol. The Kier molecular flexibility index (Phi) is 6.25. The largest absolute Gasteiger partial charge is 0.451 e. The Hall–Kier alpha value is -3.73. The summed E-state index contributed by atoms with van der Waals surface area (Å²) in [5, 5.41) is 6.84. The second kappa shape index (κ2) is 9.49. The molecule has 10 nitrogen and oxygen atoms in total. The maximum atomic E-state index is 14.4. The van der Waals surface area contributed by atoms with Crippen molar-refractivity contribution in [3.05, 3.63) is 42.0 Å². The zero-order valence-corrected chi connectivity index (χ0v) is 19.5. The van der Waals surface area contributed by atoms with Crippen molar-refractivity contribution >= 4 is 40.2 Å². The number of carbonyl (C=O) groups excluding carboxylic acids is 2. The predicted octanol–water partition coefficient (Wildman–Crippen LogP) is 2.56. The van der Waals surface area contributed by atoms with Crippen LogP contribution < -0.4 is 16.4 Å². The van der Waals surface area contributed by atoms with Crippen molar-refractivity contribution in [3.8, 4) is 0 Å². The molecule has 0 bridgehead atoms. The van der Waals surface area contributed by atoms with Gasteiger partial charge in [-0.2, -0.15) is 4.98 Å². The number of carbonyl (C=O) groups is 2. The molecule has 1 aromatic carbocycles. The van der Waals surface area contributed by atoms with Crippen LogP contribution in [0.2, 0.25) is 0 Å². The Labute approximate surface area is 201 Å². The molecular weight excluding hydrogens is 453 g/mol. The highest BCUT2D eigenvalue weighted by Crippen LogP contribution is 2.30. The number of piperazine rings is 1. The van der Waals surface area contributed by atoms with E-state index in [1.807, 2.05) is 13.1 Å². The van der Waals surface area contributed by atoms with Gasteiger partial charge in [0.15, 0.2) is 17.4 Å². The lowest BCUT2D eigenvalue weighted by molar-refractivity contribution is -0.121. The molecule has 0 radical (unpaired) electrons. The van der Waals surface area contributed by atoms with Crippen LogP contribution in [0.3, 0.4) is 0 Å². The summed E-state index contributed by atoms with van der Waals surface area (Å²) >= 11 is 0. The second-order valence-electron chi connectivity index (χ2n) is 9.16. The second-order valence-corrected chi connectivity index (χ2v) is 9.16. The number of fused-ring (bicyclic) bond motifs is 1. The maximum absolute atomic E-state index is 14.4. The molecule has 2 fully saturated rings. The molecule has 1 aliphatic carbocycles. The molecule has 11 heteroatoms. The first-order valence-electron chi connectivity index (χ1n) is 11.7. The first kappa shape index (κ1) is 23.0. The molecule has 0 spiro atoms. The molecule has 2 aliphatic rings. The Morgan fingerprint density at radius 2 is 1.97 bits per heavy atom. The molecule has 3 heterocycles. The molecule has 2 aromatic heterocycles. The Balaban J connectivity index is 1.31. The van der Waals surface area contributed by atoms with Gasteiger partial charge in [0.25, 0.3) is 5.91 Å². The molecular formula is C24H28FN7O3. The van der Waals surface area contributed by atoms with Gasteiger partial charge in [-0.25, -0.2) is 9.37 Å². The van der Waals surface area contributed by atoms with E-state index in [0.717, 1.165) is 31.1 Å². The van der Waals surface area contributed by atoms with Gasteiger partial charge in [-0.05, 0) is 44.2 Å². The molecule has 1 saturated heterocycles. The normalized spacial score (nSPS) is 20.8. The van der Waals surface area contributed by atoms with Gasteiger partial charge in [0.05, 0.1) is 12.1 Å². The number of likely N-dealkylation sites (N-methyl/N-ethyl adjacent to an activating group) is 1. The lowest BCUT2D eigenvalue weighted by Gasteiger charge is -2.31. The van der Waals surface area contributed by atoms with Gasteiger partial charge in [-0.15, -0.1) is 0 Å². The topological polar surface area (TPSA) is 130 Å². The fourth-order valence-corrected chi connectivity index (χ4v) is 4.70. The van der Waals surface area contributed by atoms with Crippen molar-refractivity contribution in [2.45, 2.75) is 25.3 Å². The van der Waals surface area contributed by atoms with Crippen molar-refractivity contribution in [1.82, 2.24) is 19.8 Å². The summed E-state index contributed by atoms with van der Waals surface area (Å²) in [6.45, 7) is 2.99. The van der Waals surface area contributed by atoms with Crippen LogP contribution in [-0.4, -0.2) is 70.9 Å². The first-order valence-corrected chi connectivity index (χ1v) is 11.7. The number of primary amides is 1. The van der Waals surface area contributed by atoms with Gasteiger partial charge in [0.1, 0.15) is 5.58 Å². The minimum atomic E-state index is -0.608. The minimum absolute atomic E-state index is 0.0186. The van der Waals surface area contributed by atoms with Gasteiger partial charge >= 0.3 is 0 Å². The molecule has 0 unspecified atom stereocenters. The first-order chi connectivity index (χ1) is 16.9. The number of nitrogens with two attached hydrogens (primary N) is 1. The highest BCUT2D eigenvalue weighted by molar-refractivity contribution is 5.97. The van der Waals surface area contributed by atoms with E-state index in [0.29, 0.717) is 43.0 Å². The van der Waals surface area contributed by atoms with Crippen LogP contribution in [0.15, 0.2) is 34.9 Å². The summed E-state index contributed by atoms with van der Waals surface area (Å²) in [5.74, 6) is -0.972. The third kappa shape index (κ3) is 4.90. The van der Waals surface area contributed by atoms with Crippen LogP contribution in [0.4, 0.5) is 21.8 Å². The van der Waals surface area contributed by atoms with Crippen LogP contribution in [-0.2, 0) is 4.79 Å². The molecule has 2 amide bonds. The van der Waals surface area contributed by atoms with Crippen LogP contribution in [0, 0.1) is 11.7 Å². The van der Waals surface area contributed by atoms with Crippen LogP contribution in [0.5, 0.6) is 0 Å². The van der Waals surface area contributed by atoms with Crippen molar-refractivity contribution < 1.29 is 18.4 Å². The molecule has 1 saturated carbocycles. The zero-order valence-electron chi connectivity index (χ0n) is 19.5. The number of anilines is 3. The zero-order chi connectivity index (χ0) is 24.5. The van der Waals surface area contributed by atoms with Crippen LogP contribution in [0.1, 0.15) is 29.8 Å². The van der Waals surface area contributed by atoms with Gasteiger partial charge in [-0.1, -0.05) is 6.42 Å². The summed E-state index contributed by atoms with van der Waals surface area (Å²) in [7, 11) is 2.04. The number of hydrogen-bond donors (Lipinski definition) is 3. The van der Waals surface area contributed by atoms with E-state index in [2.05, 4.69) is 25.5 Å². The third-order valence-corrected chi connectivity index (χ3v) is 6.72. The van der Waals surface area contributed by atoms with Gasteiger partial charge in [-0.3, -0.25) is 9.59 Å². The molecule has 5 rings (SSSR count). The standard InChI is InChI=1S/C24H28FN7O3/c1-31-7-9-32(10-8-31)23(34)20-12-14-11-15(5-6-19(14)35-20)28-24-27-13-17(25)22(30-24)29-18-4-2-3-16(18)21(26)33/h5-6,11-13,16,18H,2-4,7-10H2,1H3,(H2,26,33)(H2,27,28,29,30)/t16-,18+/m1/s1. The lowest BCUT2D eigenvalue weighted by Crippen LogP contribution is -2.47. The number of hydrogen-bond acceptors (Lipinski definition) is 8. The van der Waals surface area contributed by atoms with Gasteiger partial charge in [0.2, 0.25) is 11.9 Å². The van der Waals surface area contributed by atoms with E-state index in [1.165, 1.54) is 0 Å². The van der Waals surface area contributed by atoms with Crippen molar-refractivity contribution in [3.63, 3.8) is 0 Å². The molecule has 1 aliphatic heterocycles.